The number of benzene rings is 2. The van der Waals surface area contributed by atoms with E-state index in [1.165, 1.54) is 12.1 Å². The highest BCUT2D eigenvalue weighted by Gasteiger charge is 2.32. The molecule has 1 amide bonds. The Bertz CT molecular complexity index is 1010. The molecule has 1 saturated carbocycles. The Morgan fingerprint density at radius 3 is 2.70 bits per heavy atom. The topological polar surface area (TPSA) is 46.1 Å². The summed E-state index contributed by atoms with van der Waals surface area (Å²) in [7, 11) is 0. The maximum absolute atomic E-state index is 14.1. The lowest BCUT2D eigenvalue weighted by Crippen LogP contribution is -2.31. The van der Waals surface area contributed by atoms with E-state index in [4.69, 9.17) is 11.6 Å². The highest BCUT2D eigenvalue weighted by atomic mass is 35.5. The van der Waals surface area contributed by atoms with Crippen LogP contribution in [0, 0.1) is 5.82 Å². The molecule has 6 heteroatoms. The third-order valence-corrected chi connectivity index (χ3v) is 4.88. The van der Waals surface area contributed by atoms with Crippen molar-refractivity contribution in [2.24, 2.45) is 0 Å². The minimum absolute atomic E-state index is 0.125. The first-order valence-corrected chi connectivity index (χ1v) is 9.13. The SMILES string of the molecule is O=C(/C=C/c1cnc2ccccc2n1)N(Cc1c(F)cccc1Cl)C1CC1. The lowest BCUT2D eigenvalue weighted by atomic mass is 10.2. The Kier molecular flexibility index (Phi) is 4.86. The summed E-state index contributed by atoms with van der Waals surface area (Å²) in [6.45, 7) is 0.156. The Labute approximate surface area is 161 Å². The average molecular weight is 382 g/mol. The zero-order chi connectivity index (χ0) is 18.8. The fraction of sp³-hybridized carbons (Fsp3) is 0.190. The van der Waals surface area contributed by atoms with Crippen molar-refractivity contribution in [3.05, 3.63) is 76.8 Å². The van der Waals surface area contributed by atoms with Gasteiger partial charge in [0.1, 0.15) is 5.82 Å². The van der Waals surface area contributed by atoms with Gasteiger partial charge in [-0.2, -0.15) is 0 Å². The third kappa shape index (κ3) is 3.98. The second-order valence-electron chi connectivity index (χ2n) is 6.51. The van der Waals surface area contributed by atoms with Gasteiger partial charge in [0.2, 0.25) is 5.91 Å². The van der Waals surface area contributed by atoms with Crippen molar-refractivity contribution in [2.75, 3.05) is 0 Å². The molecule has 0 spiro atoms. The molecule has 136 valence electrons. The van der Waals surface area contributed by atoms with E-state index in [9.17, 15) is 9.18 Å². The molecular formula is C21H17ClFN3O. The quantitative estimate of drug-likeness (QED) is 0.605. The van der Waals surface area contributed by atoms with Crippen molar-refractivity contribution in [2.45, 2.75) is 25.4 Å². The van der Waals surface area contributed by atoms with E-state index in [0.717, 1.165) is 23.9 Å². The molecule has 1 heterocycles. The van der Waals surface area contributed by atoms with Crippen molar-refractivity contribution in [1.29, 1.82) is 0 Å². The van der Waals surface area contributed by atoms with Gasteiger partial charge >= 0.3 is 0 Å². The van der Waals surface area contributed by atoms with Gasteiger partial charge in [0.05, 0.1) is 29.5 Å². The second kappa shape index (κ2) is 7.45. The summed E-state index contributed by atoms with van der Waals surface area (Å²) in [5.41, 5.74) is 2.51. The monoisotopic (exact) mass is 381 g/mol. The Hall–Kier alpha value is -2.79. The summed E-state index contributed by atoms with van der Waals surface area (Å²) < 4.78 is 14.1. The molecule has 0 aliphatic heterocycles. The fourth-order valence-electron chi connectivity index (χ4n) is 2.93. The minimum atomic E-state index is -0.398. The van der Waals surface area contributed by atoms with E-state index >= 15 is 0 Å². The van der Waals surface area contributed by atoms with E-state index in [1.807, 2.05) is 24.3 Å². The number of carbonyl (C=O) groups excluding carboxylic acids is 1. The van der Waals surface area contributed by atoms with E-state index < -0.39 is 5.82 Å². The Morgan fingerprint density at radius 2 is 1.96 bits per heavy atom. The Morgan fingerprint density at radius 1 is 1.19 bits per heavy atom. The molecule has 1 aliphatic rings. The number of halogens is 2. The van der Waals surface area contributed by atoms with Gasteiger partial charge in [0.15, 0.2) is 0 Å². The van der Waals surface area contributed by atoms with Crippen LogP contribution in [0.5, 0.6) is 0 Å². The summed E-state index contributed by atoms with van der Waals surface area (Å²) in [6, 6.07) is 12.2. The van der Waals surface area contributed by atoms with Gasteiger partial charge in [0, 0.05) is 22.7 Å². The van der Waals surface area contributed by atoms with Crippen LogP contribution in [-0.2, 0) is 11.3 Å². The number of amides is 1. The van der Waals surface area contributed by atoms with Crippen LogP contribution in [0.1, 0.15) is 24.1 Å². The molecule has 0 unspecified atom stereocenters. The number of carbonyl (C=O) groups is 1. The number of aromatic nitrogens is 2. The van der Waals surface area contributed by atoms with Gasteiger partial charge in [0.25, 0.3) is 0 Å². The number of hydrogen-bond acceptors (Lipinski definition) is 3. The molecule has 27 heavy (non-hydrogen) atoms. The second-order valence-corrected chi connectivity index (χ2v) is 6.92. The molecular weight excluding hydrogens is 365 g/mol. The van der Waals surface area contributed by atoms with Crippen LogP contribution in [0.15, 0.2) is 54.7 Å². The van der Waals surface area contributed by atoms with Crippen LogP contribution >= 0.6 is 11.6 Å². The molecule has 1 aromatic heterocycles. The molecule has 1 fully saturated rings. The maximum Gasteiger partial charge on any atom is 0.247 e. The minimum Gasteiger partial charge on any atom is -0.332 e. The zero-order valence-electron chi connectivity index (χ0n) is 14.5. The first-order valence-electron chi connectivity index (χ1n) is 8.75. The molecule has 0 bridgehead atoms. The molecule has 4 nitrogen and oxygen atoms in total. The molecule has 0 saturated heterocycles. The summed E-state index contributed by atoms with van der Waals surface area (Å²) in [5, 5.41) is 0.331. The summed E-state index contributed by atoms with van der Waals surface area (Å²) in [5.74, 6) is -0.586. The lowest BCUT2D eigenvalue weighted by molar-refractivity contribution is -0.127. The molecule has 0 N–H and O–H groups in total. The van der Waals surface area contributed by atoms with Crippen molar-refractivity contribution in [3.63, 3.8) is 0 Å². The standard InChI is InChI=1S/C21H17ClFN3O/c22-17-4-3-5-18(23)16(17)13-26(15-9-10-15)21(27)11-8-14-12-24-19-6-1-2-7-20(19)25-14/h1-8,11-12,15H,9-10,13H2/b11-8+. The van der Waals surface area contributed by atoms with Crippen LogP contribution in [0.25, 0.3) is 17.1 Å². The average Bonchev–Trinajstić information content (AvgIpc) is 3.51. The molecule has 4 rings (SSSR count). The third-order valence-electron chi connectivity index (χ3n) is 4.52. The molecule has 0 radical (unpaired) electrons. The van der Waals surface area contributed by atoms with E-state index in [2.05, 4.69) is 9.97 Å². The van der Waals surface area contributed by atoms with Gasteiger partial charge in [-0.05, 0) is 43.2 Å². The van der Waals surface area contributed by atoms with E-state index in [0.29, 0.717) is 16.3 Å². The van der Waals surface area contributed by atoms with Gasteiger partial charge in [-0.3, -0.25) is 9.78 Å². The fourth-order valence-corrected chi connectivity index (χ4v) is 3.15. The first kappa shape index (κ1) is 17.6. The highest BCUT2D eigenvalue weighted by molar-refractivity contribution is 6.31. The highest BCUT2D eigenvalue weighted by Crippen LogP contribution is 2.31. The van der Waals surface area contributed by atoms with Gasteiger partial charge in [-0.15, -0.1) is 0 Å². The van der Waals surface area contributed by atoms with Gasteiger partial charge < -0.3 is 4.90 Å². The number of rotatable bonds is 5. The predicted molar refractivity (Wildman–Crippen MR) is 104 cm³/mol. The van der Waals surface area contributed by atoms with Crippen LogP contribution in [0.3, 0.4) is 0 Å². The van der Waals surface area contributed by atoms with E-state index in [1.54, 1.807) is 29.3 Å². The van der Waals surface area contributed by atoms with Crippen LogP contribution in [0.4, 0.5) is 4.39 Å². The molecule has 3 aromatic rings. The number of nitrogens with zero attached hydrogens (tertiary/aromatic N) is 3. The predicted octanol–water partition coefficient (Wildman–Crippen LogP) is 4.63. The first-order chi connectivity index (χ1) is 13.1. The maximum atomic E-state index is 14.1. The molecule has 1 aliphatic carbocycles. The Balaban J connectivity index is 1.54. The van der Waals surface area contributed by atoms with Gasteiger partial charge in [-0.1, -0.05) is 29.8 Å². The van der Waals surface area contributed by atoms with Crippen molar-refractivity contribution in [3.8, 4) is 0 Å². The number of hydrogen-bond donors (Lipinski definition) is 0. The summed E-state index contributed by atoms with van der Waals surface area (Å²) in [6.07, 6.45) is 6.57. The van der Waals surface area contributed by atoms with Crippen molar-refractivity contribution < 1.29 is 9.18 Å². The summed E-state index contributed by atoms with van der Waals surface area (Å²) in [4.78, 5) is 23.2. The molecule has 2 aromatic carbocycles. The molecule has 0 atom stereocenters. The zero-order valence-corrected chi connectivity index (χ0v) is 15.2. The van der Waals surface area contributed by atoms with Crippen molar-refractivity contribution >= 4 is 34.6 Å². The summed E-state index contributed by atoms with van der Waals surface area (Å²) >= 11 is 6.12. The lowest BCUT2D eigenvalue weighted by Gasteiger charge is -2.22. The van der Waals surface area contributed by atoms with Crippen LogP contribution in [-0.4, -0.2) is 26.8 Å². The number of para-hydroxylation sites is 2. The smallest absolute Gasteiger partial charge is 0.247 e. The van der Waals surface area contributed by atoms with E-state index in [-0.39, 0.29) is 18.5 Å². The largest absolute Gasteiger partial charge is 0.332 e. The van der Waals surface area contributed by atoms with Crippen LogP contribution < -0.4 is 0 Å². The van der Waals surface area contributed by atoms with Crippen LogP contribution in [0.2, 0.25) is 5.02 Å². The number of fused-ring (bicyclic) bond motifs is 1. The van der Waals surface area contributed by atoms with Crippen molar-refractivity contribution in [1.82, 2.24) is 14.9 Å². The van der Waals surface area contributed by atoms with Gasteiger partial charge in [-0.25, -0.2) is 9.37 Å². The normalized spacial score (nSPS) is 14.0.